The van der Waals surface area contributed by atoms with Gasteiger partial charge in [0.05, 0.1) is 37.3 Å². The first-order chi connectivity index (χ1) is 30.0. The third-order valence-electron chi connectivity index (χ3n) is 9.58. The van der Waals surface area contributed by atoms with Crippen molar-refractivity contribution < 1.29 is 42.9 Å². The van der Waals surface area contributed by atoms with Crippen LogP contribution < -0.4 is 0 Å². The number of rotatable bonds is 16. The van der Waals surface area contributed by atoms with E-state index in [1.165, 1.54) is 32.1 Å². The summed E-state index contributed by atoms with van der Waals surface area (Å²) in [5.74, 6) is 0.139. The SMILES string of the molecule is CC(C)CC(=O)OCCC(C)(C)C.CC(CC(C)(C)C)OC(=O)C(C)C.CC(CC(C)(C)C)OC(=O)C1CCCC1.CCC(C)(C)C.CCCC(C)(C)C.CCCOCC(=O)OCC(C)(C)C. The molecule has 0 N–H and O–H groups in total. The Morgan fingerprint density at radius 2 is 0.940 bits per heavy atom. The predicted octanol–water partition coefficient (Wildman–Crippen LogP) is 16.8. The lowest BCUT2D eigenvalue weighted by Gasteiger charge is -2.24. The summed E-state index contributed by atoms with van der Waals surface area (Å²) < 4.78 is 25.8. The van der Waals surface area contributed by atoms with Crippen LogP contribution in [0.5, 0.6) is 0 Å². The Morgan fingerprint density at radius 3 is 1.25 bits per heavy atom. The first kappa shape index (κ1) is 73.8. The number of esters is 4. The zero-order chi connectivity index (χ0) is 54.0. The van der Waals surface area contributed by atoms with Gasteiger partial charge in [-0.1, -0.05) is 199 Å². The first-order valence-corrected chi connectivity index (χ1v) is 26.3. The van der Waals surface area contributed by atoms with E-state index in [1.807, 2.05) is 69.2 Å². The van der Waals surface area contributed by atoms with Gasteiger partial charge < -0.3 is 23.7 Å². The molecule has 0 saturated heterocycles. The molecule has 67 heavy (non-hydrogen) atoms. The highest BCUT2D eigenvalue weighted by Crippen LogP contribution is 2.28. The van der Waals surface area contributed by atoms with Crippen LogP contribution in [0.25, 0.3) is 0 Å². The van der Waals surface area contributed by atoms with Gasteiger partial charge in [-0.15, -0.1) is 0 Å². The Morgan fingerprint density at radius 1 is 0.507 bits per heavy atom. The van der Waals surface area contributed by atoms with Gasteiger partial charge >= 0.3 is 23.9 Å². The Labute approximate surface area is 418 Å². The molecule has 0 amide bonds. The molecule has 0 aliphatic heterocycles. The minimum Gasteiger partial charge on any atom is -0.466 e. The molecular weight excluding hydrogens is 841 g/mol. The Hall–Kier alpha value is -2.16. The van der Waals surface area contributed by atoms with E-state index < -0.39 is 0 Å². The molecule has 1 saturated carbocycles. The van der Waals surface area contributed by atoms with Gasteiger partial charge in [0, 0.05) is 13.0 Å². The molecule has 9 nitrogen and oxygen atoms in total. The van der Waals surface area contributed by atoms with E-state index in [0.29, 0.717) is 43.0 Å². The largest absolute Gasteiger partial charge is 0.466 e. The lowest BCUT2D eigenvalue weighted by Crippen LogP contribution is -2.24. The fourth-order valence-electron chi connectivity index (χ4n) is 5.85. The fourth-order valence-corrected chi connectivity index (χ4v) is 5.85. The maximum Gasteiger partial charge on any atom is 0.332 e. The summed E-state index contributed by atoms with van der Waals surface area (Å²) in [6.07, 6.45) is 12.7. The van der Waals surface area contributed by atoms with E-state index in [0.717, 1.165) is 38.5 Å². The van der Waals surface area contributed by atoms with Crippen LogP contribution in [-0.4, -0.2) is 62.5 Å². The third-order valence-corrected chi connectivity index (χ3v) is 9.58. The standard InChI is InChI=1S/C13H24O2.2C11H22O2.C10H20O3.C7H16.C6H14/c1-10(9-13(2,3)4)15-12(14)11-7-5-6-8-11;1-8(2)10(12)13-9(3)7-11(4,5)6;1-9(2)8-10(12)13-7-6-11(3,4)5;1-5-6-12-7-9(11)13-8-10(2,3)4;1-5-6-7(2,3)4;1-5-6(2,3)4/h10-11H,5-9H2,1-4H3;8-9H,7H2,1-6H3;9H,6-8H2,1-5H3;5-8H2,1-4H3;5-6H2,1-4H3;5H2,1-4H3. The van der Waals surface area contributed by atoms with Crippen LogP contribution in [0.15, 0.2) is 0 Å². The van der Waals surface area contributed by atoms with Crippen molar-refractivity contribution in [3.8, 4) is 0 Å². The quantitative estimate of drug-likeness (QED) is 0.0847. The van der Waals surface area contributed by atoms with Crippen LogP contribution in [0.3, 0.4) is 0 Å². The predicted molar refractivity (Wildman–Crippen MR) is 286 cm³/mol. The highest BCUT2D eigenvalue weighted by molar-refractivity contribution is 5.73. The molecule has 2 unspecified atom stereocenters. The van der Waals surface area contributed by atoms with Gasteiger partial charge in [0.25, 0.3) is 0 Å². The van der Waals surface area contributed by atoms with Crippen molar-refractivity contribution in [2.75, 3.05) is 26.4 Å². The highest BCUT2D eigenvalue weighted by Gasteiger charge is 2.27. The molecule has 1 rings (SSSR count). The maximum atomic E-state index is 11.7. The van der Waals surface area contributed by atoms with E-state index >= 15 is 0 Å². The van der Waals surface area contributed by atoms with Gasteiger partial charge in [0.2, 0.25) is 0 Å². The van der Waals surface area contributed by atoms with Gasteiger partial charge in [0.15, 0.2) is 0 Å². The number of carbonyl (C=O) groups excluding carboxylic acids is 4. The molecule has 0 heterocycles. The van der Waals surface area contributed by atoms with Crippen molar-refractivity contribution >= 4 is 23.9 Å². The second-order valence-corrected chi connectivity index (χ2v) is 26.8. The van der Waals surface area contributed by atoms with Crippen molar-refractivity contribution in [3.05, 3.63) is 0 Å². The summed E-state index contributed by atoms with van der Waals surface area (Å²) in [6, 6.07) is 0. The van der Waals surface area contributed by atoms with Crippen LogP contribution >= 0.6 is 0 Å². The smallest absolute Gasteiger partial charge is 0.332 e. The first-order valence-electron chi connectivity index (χ1n) is 26.3. The average Bonchev–Trinajstić information content (AvgIpc) is 3.64. The monoisotopic (exact) mass is 959 g/mol. The molecule has 404 valence electrons. The molecule has 0 spiro atoms. The fraction of sp³-hybridized carbons (Fsp3) is 0.931. The van der Waals surface area contributed by atoms with Crippen LogP contribution in [-0.2, 0) is 42.9 Å². The molecule has 0 radical (unpaired) electrons. The van der Waals surface area contributed by atoms with Gasteiger partial charge in [0.1, 0.15) is 6.61 Å². The summed E-state index contributed by atoms with van der Waals surface area (Å²) in [5.41, 5.74) is 1.82. The lowest BCUT2D eigenvalue weighted by atomic mass is 9.90. The van der Waals surface area contributed by atoms with Gasteiger partial charge in [-0.3, -0.25) is 14.4 Å². The topological polar surface area (TPSA) is 114 Å². The summed E-state index contributed by atoms with van der Waals surface area (Å²) in [5, 5.41) is 0. The van der Waals surface area contributed by atoms with Gasteiger partial charge in [-0.2, -0.15) is 0 Å². The Kier molecular flexibility index (Phi) is 41.5. The van der Waals surface area contributed by atoms with Crippen molar-refractivity contribution in [1.82, 2.24) is 0 Å². The molecule has 1 aliphatic carbocycles. The van der Waals surface area contributed by atoms with Crippen molar-refractivity contribution in [3.63, 3.8) is 0 Å². The summed E-state index contributed by atoms with van der Waals surface area (Å²) in [4.78, 5) is 45.1. The maximum absolute atomic E-state index is 11.7. The van der Waals surface area contributed by atoms with E-state index in [4.69, 9.17) is 23.7 Å². The van der Waals surface area contributed by atoms with E-state index in [-0.39, 0.29) is 76.2 Å². The Bertz CT molecular complexity index is 1220. The molecular formula is C58H118O9. The highest BCUT2D eigenvalue weighted by atomic mass is 16.6. The van der Waals surface area contributed by atoms with Crippen molar-refractivity contribution in [1.29, 1.82) is 0 Å². The van der Waals surface area contributed by atoms with E-state index in [9.17, 15) is 19.2 Å². The molecule has 0 bridgehead atoms. The van der Waals surface area contributed by atoms with Crippen LogP contribution in [0.1, 0.15) is 264 Å². The van der Waals surface area contributed by atoms with E-state index in [1.54, 1.807) is 0 Å². The lowest BCUT2D eigenvalue weighted by molar-refractivity contribution is -0.154. The number of ether oxygens (including phenoxy) is 5. The van der Waals surface area contributed by atoms with Crippen molar-refractivity contribution in [2.45, 2.75) is 276 Å². The van der Waals surface area contributed by atoms with Gasteiger partial charge in [-0.05, 0) is 97.2 Å². The van der Waals surface area contributed by atoms with E-state index in [2.05, 4.69) is 118 Å². The molecule has 2 atom stereocenters. The second kappa shape index (κ2) is 37.6. The summed E-state index contributed by atoms with van der Waals surface area (Å²) in [7, 11) is 0. The molecule has 0 aromatic carbocycles. The van der Waals surface area contributed by atoms with Crippen LogP contribution in [0, 0.1) is 50.2 Å². The number of carbonyl (C=O) groups is 4. The second-order valence-electron chi connectivity index (χ2n) is 26.8. The third kappa shape index (κ3) is 68.2. The minimum absolute atomic E-state index is 0.0231. The summed E-state index contributed by atoms with van der Waals surface area (Å²) in [6.45, 7) is 58.8. The van der Waals surface area contributed by atoms with Crippen molar-refractivity contribution in [2.24, 2.45) is 50.2 Å². The molecule has 9 heteroatoms. The Balaban J connectivity index is -0.000000235. The minimum atomic E-state index is -0.275. The number of hydrogen-bond donors (Lipinski definition) is 0. The molecule has 1 fully saturated rings. The van der Waals surface area contributed by atoms with Gasteiger partial charge in [-0.25, -0.2) is 4.79 Å². The average molecular weight is 960 g/mol. The van der Waals surface area contributed by atoms with Crippen LogP contribution in [0.4, 0.5) is 0 Å². The number of hydrogen-bond acceptors (Lipinski definition) is 9. The summed E-state index contributed by atoms with van der Waals surface area (Å²) >= 11 is 0. The molecule has 0 aromatic heterocycles. The normalized spacial score (nSPS) is 14.2. The molecule has 0 aromatic rings. The zero-order valence-corrected chi connectivity index (χ0v) is 49.9. The van der Waals surface area contributed by atoms with Crippen LogP contribution in [0.2, 0.25) is 0 Å². The zero-order valence-electron chi connectivity index (χ0n) is 49.9. The molecule has 1 aliphatic rings.